The van der Waals surface area contributed by atoms with Gasteiger partial charge in [-0.05, 0) is 55.5 Å². The van der Waals surface area contributed by atoms with Gasteiger partial charge in [-0.3, -0.25) is 4.79 Å². The number of alkyl halides is 6. The monoisotopic (exact) mass is 631 g/mol. The number of nitrogens with one attached hydrogen (secondary N) is 1. The molecule has 0 aliphatic heterocycles. The Morgan fingerprint density at radius 1 is 0.976 bits per heavy atom. The molecule has 2 unspecified atom stereocenters. The van der Waals surface area contributed by atoms with E-state index in [2.05, 4.69) is 10.1 Å². The van der Waals surface area contributed by atoms with Crippen LogP contribution in [0, 0.1) is 22.7 Å². The van der Waals surface area contributed by atoms with E-state index in [-0.39, 0.29) is 33.4 Å². The number of benzene rings is 3. The van der Waals surface area contributed by atoms with Crippen LogP contribution in [0.2, 0.25) is 5.02 Å². The molecule has 0 aliphatic rings. The van der Waals surface area contributed by atoms with E-state index in [9.17, 15) is 46.2 Å². The number of rotatable bonds is 9. The lowest BCUT2D eigenvalue weighted by Crippen LogP contribution is -2.49. The Kier molecular flexibility index (Phi) is 9.73. The molecule has 16 heteroatoms. The van der Waals surface area contributed by atoms with E-state index >= 15 is 0 Å². The first-order valence-electron chi connectivity index (χ1n) is 11.3. The maximum absolute atomic E-state index is 12.7. The van der Waals surface area contributed by atoms with E-state index in [1.54, 1.807) is 0 Å². The van der Waals surface area contributed by atoms with Gasteiger partial charge in [0.05, 0.1) is 33.9 Å². The van der Waals surface area contributed by atoms with Crippen molar-refractivity contribution in [3.8, 4) is 35.1 Å². The van der Waals surface area contributed by atoms with Crippen LogP contribution in [0.1, 0.15) is 22.8 Å². The minimum Gasteiger partial charge on any atom is -0.604 e. The van der Waals surface area contributed by atoms with Crippen molar-refractivity contribution in [2.45, 2.75) is 29.2 Å². The zero-order valence-corrected chi connectivity index (χ0v) is 22.5. The highest BCUT2D eigenvalue weighted by Crippen LogP contribution is 2.38. The minimum absolute atomic E-state index is 0.0553. The molecule has 0 saturated carbocycles. The molecule has 0 saturated heterocycles. The number of ether oxygens (including phenoxy) is 3. The number of nitriles is 2. The highest BCUT2D eigenvalue weighted by atomic mass is 35.5. The number of hydrogen-bond donors (Lipinski definition) is 1. The topological polar surface area (TPSA) is 127 Å². The molecule has 0 heterocycles. The zero-order chi connectivity index (χ0) is 31.3. The van der Waals surface area contributed by atoms with Crippen molar-refractivity contribution in [1.29, 1.82) is 10.5 Å². The first kappa shape index (κ1) is 32.2. The van der Waals surface area contributed by atoms with Crippen molar-refractivity contribution < 1.29 is 49.9 Å². The lowest BCUT2D eigenvalue weighted by Gasteiger charge is -2.24. The second-order valence-corrected chi connectivity index (χ2v) is 10.3. The van der Waals surface area contributed by atoms with E-state index in [0.717, 1.165) is 42.5 Å². The Balaban J connectivity index is 1.77. The summed E-state index contributed by atoms with van der Waals surface area (Å²) in [5, 5.41) is 21.1. The fourth-order valence-corrected chi connectivity index (χ4v) is 4.02. The van der Waals surface area contributed by atoms with Gasteiger partial charge in [-0.2, -0.15) is 10.5 Å². The molecule has 1 amide bonds. The average molecular weight is 632 g/mol. The minimum atomic E-state index is -4.98. The van der Waals surface area contributed by atoms with E-state index in [0.29, 0.717) is 0 Å². The van der Waals surface area contributed by atoms with Crippen LogP contribution in [0.3, 0.4) is 0 Å². The summed E-state index contributed by atoms with van der Waals surface area (Å²) in [6.45, 7) is 0.756. The smallest absolute Gasteiger partial charge is 0.578 e. The first-order valence-corrected chi connectivity index (χ1v) is 12.8. The summed E-state index contributed by atoms with van der Waals surface area (Å²) in [6.07, 6.45) is -4.94. The second-order valence-electron chi connectivity index (χ2n) is 8.44. The van der Waals surface area contributed by atoms with Crippen molar-refractivity contribution in [1.82, 2.24) is 5.32 Å². The van der Waals surface area contributed by atoms with Crippen LogP contribution >= 0.6 is 11.6 Å². The number of amides is 1. The van der Waals surface area contributed by atoms with E-state index in [1.807, 2.05) is 12.1 Å². The molecule has 2 atom stereocenters. The van der Waals surface area contributed by atoms with Crippen molar-refractivity contribution in [2.75, 3.05) is 6.61 Å². The SMILES string of the molecule is CC(C#N)(COc1cc(C#N)ccc1Oc1ccc(OC(F)(F)F)cc1Cl)NC(=O)c1ccc([S+]([O-])C(F)(F)F)cc1. The van der Waals surface area contributed by atoms with Crippen LogP contribution in [-0.2, 0) is 11.2 Å². The Labute approximate surface area is 242 Å². The predicted molar refractivity (Wildman–Crippen MR) is 135 cm³/mol. The van der Waals surface area contributed by atoms with E-state index in [1.165, 1.54) is 25.1 Å². The van der Waals surface area contributed by atoms with Crippen molar-refractivity contribution >= 4 is 28.7 Å². The molecular formula is C26H16ClF6N3O5S. The summed E-state index contributed by atoms with van der Waals surface area (Å²) in [5.74, 6) is -1.72. The van der Waals surface area contributed by atoms with Gasteiger partial charge in [0.25, 0.3) is 5.91 Å². The molecule has 1 N–H and O–H groups in total. The maximum Gasteiger partial charge on any atom is 0.578 e. The largest absolute Gasteiger partial charge is 0.604 e. The Hall–Kier alpha value is -4.31. The van der Waals surface area contributed by atoms with Gasteiger partial charge < -0.3 is 24.1 Å². The van der Waals surface area contributed by atoms with Crippen LogP contribution in [0.25, 0.3) is 0 Å². The van der Waals surface area contributed by atoms with Gasteiger partial charge in [-0.15, -0.1) is 26.3 Å². The highest BCUT2D eigenvalue weighted by molar-refractivity contribution is 7.92. The number of hydrogen-bond acceptors (Lipinski definition) is 7. The standard InChI is InChI=1S/C26H16ClF6N3O5S/c1-24(13-35,36-23(37)16-3-6-18(7-4-16)42(38)26(31,32)33)14-39-22-10-15(12-34)2-8-21(22)40-20-9-5-17(11-19(20)27)41-25(28,29)30/h2-11H,14H2,1H3,(H,36,37). The molecule has 0 spiro atoms. The zero-order valence-electron chi connectivity index (χ0n) is 21.0. The fraction of sp³-hybridized carbons (Fsp3) is 0.192. The number of halogens is 7. The molecule has 220 valence electrons. The molecule has 0 aliphatic carbocycles. The quantitative estimate of drug-likeness (QED) is 0.208. The first-order chi connectivity index (χ1) is 19.5. The molecule has 42 heavy (non-hydrogen) atoms. The Bertz CT molecular complexity index is 1540. The number of carbonyl (C=O) groups excluding carboxylic acids is 1. The van der Waals surface area contributed by atoms with E-state index in [4.69, 9.17) is 21.1 Å². The number of nitrogens with zero attached hydrogens (tertiary/aromatic N) is 2. The van der Waals surface area contributed by atoms with Crippen LogP contribution in [0.5, 0.6) is 23.0 Å². The lowest BCUT2D eigenvalue weighted by atomic mass is 10.0. The van der Waals surface area contributed by atoms with Crippen LogP contribution in [0.15, 0.2) is 65.6 Å². The Morgan fingerprint density at radius 2 is 1.62 bits per heavy atom. The summed E-state index contributed by atoms with van der Waals surface area (Å²) < 4.78 is 102. The van der Waals surface area contributed by atoms with Crippen molar-refractivity contribution in [2.24, 2.45) is 0 Å². The lowest BCUT2D eigenvalue weighted by molar-refractivity contribution is -0.274. The fourth-order valence-electron chi connectivity index (χ4n) is 3.16. The molecule has 0 radical (unpaired) electrons. The predicted octanol–water partition coefficient (Wildman–Crippen LogP) is 6.62. The summed E-state index contributed by atoms with van der Waals surface area (Å²) in [6, 6.07) is 14.3. The average Bonchev–Trinajstić information content (AvgIpc) is 2.92. The van der Waals surface area contributed by atoms with Crippen LogP contribution in [-0.4, -0.2) is 34.5 Å². The Morgan fingerprint density at radius 3 is 2.17 bits per heavy atom. The van der Waals surface area contributed by atoms with Gasteiger partial charge in [-0.1, -0.05) is 11.6 Å². The molecule has 3 aromatic rings. The summed E-state index contributed by atoms with van der Waals surface area (Å²) >= 11 is 2.73. The molecular weight excluding hydrogens is 616 g/mol. The summed E-state index contributed by atoms with van der Waals surface area (Å²) in [5.41, 5.74) is -6.74. The van der Waals surface area contributed by atoms with Gasteiger partial charge in [0.1, 0.15) is 18.1 Å². The molecule has 0 bridgehead atoms. The molecule has 3 aromatic carbocycles. The normalized spacial score (nSPS) is 13.6. The third-order valence-corrected chi connectivity index (χ3v) is 6.54. The van der Waals surface area contributed by atoms with Gasteiger partial charge in [0, 0.05) is 17.7 Å². The summed E-state index contributed by atoms with van der Waals surface area (Å²) in [4.78, 5) is 12.1. The second kappa shape index (κ2) is 12.7. The molecule has 0 aromatic heterocycles. The third-order valence-electron chi connectivity index (χ3n) is 5.12. The molecule has 8 nitrogen and oxygen atoms in total. The van der Waals surface area contributed by atoms with Crippen LogP contribution < -0.4 is 19.5 Å². The van der Waals surface area contributed by atoms with Crippen LogP contribution in [0.4, 0.5) is 26.3 Å². The third kappa shape index (κ3) is 8.59. The van der Waals surface area contributed by atoms with Gasteiger partial charge in [0.15, 0.2) is 21.9 Å². The van der Waals surface area contributed by atoms with Gasteiger partial charge in [-0.25, -0.2) is 0 Å². The van der Waals surface area contributed by atoms with Gasteiger partial charge in [0.2, 0.25) is 0 Å². The highest BCUT2D eigenvalue weighted by Gasteiger charge is 2.46. The molecule has 0 fully saturated rings. The maximum atomic E-state index is 12.7. The van der Waals surface area contributed by atoms with Crippen molar-refractivity contribution in [3.63, 3.8) is 0 Å². The number of carbonyl (C=O) groups is 1. The van der Waals surface area contributed by atoms with Gasteiger partial charge >= 0.3 is 11.9 Å². The van der Waals surface area contributed by atoms with Crippen molar-refractivity contribution in [3.05, 3.63) is 76.8 Å². The molecule has 3 rings (SSSR count). The van der Waals surface area contributed by atoms with E-state index < -0.39 is 51.7 Å². The summed E-state index contributed by atoms with van der Waals surface area (Å²) in [7, 11) is 0.